The number of amides is 2. The molecule has 1 fully saturated rings. The third-order valence-electron chi connectivity index (χ3n) is 7.88. The Bertz CT molecular complexity index is 1260. The molecule has 1 aromatic carbocycles. The van der Waals surface area contributed by atoms with Crippen LogP contribution in [0.25, 0.3) is 0 Å². The predicted molar refractivity (Wildman–Crippen MR) is 163 cm³/mol. The van der Waals surface area contributed by atoms with Gasteiger partial charge in [0.05, 0.1) is 24.6 Å². The number of anilines is 1. The first-order chi connectivity index (χ1) is 19.6. The number of benzene rings is 1. The van der Waals surface area contributed by atoms with Gasteiger partial charge in [-0.1, -0.05) is 18.2 Å². The third-order valence-corrected chi connectivity index (χ3v) is 7.88. The molecular formula is C33H46N4O4. The van der Waals surface area contributed by atoms with Crippen molar-refractivity contribution in [3.63, 3.8) is 0 Å². The number of carbonyl (C=O) groups is 2. The summed E-state index contributed by atoms with van der Waals surface area (Å²) in [6, 6.07) is 4.47. The third kappa shape index (κ3) is 7.60. The minimum Gasteiger partial charge on any atom is -0.496 e. The van der Waals surface area contributed by atoms with Gasteiger partial charge in [-0.05, 0) is 95.9 Å². The maximum Gasteiger partial charge on any atom is 0.410 e. The first kappa shape index (κ1) is 30.4. The zero-order valence-electron chi connectivity index (χ0n) is 25.6. The zero-order chi connectivity index (χ0) is 29.6. The Kier molecular flexibility index (Phi) is 9.94. The van der Waals surface area contributed by atoms with Crippen molar-refractivity contribution in [1.29, 1.82) is 0 Å². The molecule has 0 bridgehead atoms. The summed E-state index contributed by atoms with van der Waals surface area (Å²) in [7, 11) is 1.68. The smallest absolute Gasteiger partial charge is 0.410 e. The lowest BCUT2D eigenvalue weighted by Gasteiger charge is -2.40. The molecule has 1 N–H and O–H groups in total. The van der Waals surface area contributed by atoms with Crippen LogP contribution in [-0.2, 0) is 24.1 Å². The molecule has 2 aromatic rings. The highest BCUT2D eigenvalue weighted by atomic mass is 16.6. The molecule has 2 aliphatic heterocycles. The summed E-state index contributed by atoms with van der Waals surface area (Å²) in [6.45, 7) is 12.3. The number of ether oxygens (including phenoxy) is 2. The van der Waals surface area contributed by atoms with Gasteiger partial charge in [-0.25, -0.2) is 4.79 Å². The summed E-state index contributed by atoms with van der Waals surface area (Å²) in [5.74, 6) is 0.680. The van der Waals surface area contributed by atoms with Crippen LogP contribution in [0.5, 0.6) is 5.75 Å². The fraction of sp³-hybridized carbons (Fsp3) is 0.545. The highest BCUT2D eigenvalue weighted by molar-refractivity contribution is 5.97. The van der Waals surface area contributed by atoms with E-state index in [0.717, 1.165) is 66.8 Å². The number of aromatic nitrogens is 1. The second kappa shape index (κ2) is 13.4. The lowest BCUT2D eigenvalue weighted by molar-refractivity contribution is 0.0204. The number of pyridine rings is 1. The number of allylic oxidation sites excluding steroid dienone is 2. The Morgan fingerprint density at radius 2 is 1.90 bits per heavy atom. The van der Waals surface area contributed by atoms with Crippen molar-refractivity contribution in [2.45, 2.75) is 91.3 Å². The number of rotatable bonds is 4. The van der Waals surface area contributed by atoms with Crippen LogP contribution in [0.3, 0.4) is 0 Å². The van der Waals surface area contributed by atoms with E-state index < -0.39 is 5.60 Å². The number of carbonyl (C=O) groups excluding carboxylic acids is 2. The van der Waals surface area contributed by atoms with Gasteiger partial charge in [-0.2, -0.15) is 0 Å². The highest BCUT2D eigenvalue weighted by Crippen LogP contribution is 2.31. The van der Waals surface area contributed by atoms with E-state index in [1.54, 1.807) is 18.2 Å². The Morgan fingerprint density at radius 1 is 1.15 bits per heavy atom. The molecule has 2 aliphatic rings. The molecule has 3 heterocycles. The number of nitrogens with one attached hydrogen (secondary N) is 1. The van der Waals surface area contributed by atoms with Crippen molar-refractivity contribution in [2.24, 2.45) is 0 Å². The molecule has 0 unspecified atom stereocenters. The Balaban J connectivity index is 1.59. The van der Waals surface area contributed by atoms with Crippen molar-refractivity contribution in [3.05, 3.63) is 64.5 Å². The van der Waals surface area contributed by atoms with Crippen molar-refractivity contribution in [2.75, 3.05) is 31.6 Å². The topological polar surface area (TPSA) is 84.0 Å². The van der Waals surface area contributed by atoms with E-state index in [0.29, 0.717) is 31.6 Å². The number of piperidine rings is 1. The van der Waals surface area contributed by atoms with E-state index in [9.17, 15) is 9.59 Å². The van der Waals surface area contributed by atoms with Gasteiger partial charge in [0, 0.05) is 44.0 Å². The van der Waals surface area contributed by atoms with Gasteiger partial charge in [-0.3, -0.25) is 9.78 Å². The van der Waals surface area contributed by atoms with Crippen molar-refractivity contribution >= 4 is 17.7 Å². The molecule has 0 spiro atoms. The van der Waals surface area contributed by atoms with Crippen molar-refractivity contribution in [3.8, 4) is 5.75 Å². The largest absolute Gasteiger partial charge is 0.496 e. The summed E-state index contributed by atoms with van der Waals surface area (Å²) < 4.78 is 11.3. The normalized spacial score (nSPS) is 16.8. The molecule has 0 radical (unpaired) electrons. The van der Waals surface area contributed by atoms with E-state index in [1.807, 2.05) is 33.0 Å². The maximum atomic E-state index is 13.7. The van der Waals surface area contributed by atoms with Crippen molar-refractivity contribution < 1.29 is 19.1 Å². The molecule has 8 nitrogen and oxygen atoms in total. The van der Waals surface area contributed by atoms with Gasteiger partial charge < -0.3 is 24.6 Å². The van der Waals surface area contributed by atoms with E-state index in [1.165, 1.54) is 5.56 Å². The van der Waals surface area contributed by atoms with Gasteiger partial charge in [0.1, 0.15) is 11.4 Å². The molecule has 222 valence electrons. The molecule has 41 heavy (non-hydrogen) atoms. The van der Waals surface area contributed by atoms with E-state index in [-0.39, 0.29) is 18.0 Å². The SMILES string of the molecule is CCN(c1cncc2c1CC=CCCCc1cc(C)cc(OC)c1CNC2=O)C1CCN(C(=O)OC(C)(C)C)CC1. The van der Waals surface area contributed by atoms with Crippen LogP contribution in [0.2, 0.25) is 0 Å². The molecule has 8 heteroatoms. The molecule has 4 rings (SSSR count). The van der Waals surface area contributed by atoms with Crippen LogP contribution in [0.1, 0.15) is 86.0 Å². The fourth-order valence-corrected chi connectivity index (χ4v) is 5.90. The number of fused-ring (bicyclic) bond motifs is 2. The molecule has 2 amide bonds. The minimum atomic E-state index is -0.510. The second-order valence-corrected chi connectivity index (χ2v) is 12.0. The van der Waals surface area contributed by atoms with Gasteiger partial charge in [-0.15, -0.1) is 0 Å². The predicted octanol–water partition coefficient (Wildman–Crippen LogP) is 5.99. The number of likely N-dealkylation sites (tertiary alicyclic amines) is 1. The number of hydrogen-bond donors (Lipinski definition) is 1. The average molecular weight is 563 g/mol. The van der Waals surface area contributed by atoms with Gasteiger partial charge in [0.15, 0.2) is 0 Å². The maximum absolute atomic E-state index is 13.7. The molecular weight excluding hydrogens is 516 g/mol. The second-order valence-electron chi connectivity index (χ2n) is 12.0. The number of methoxy groups -OCH3 is 1. The Labute approximate surface area is 245 Å². The number of nitrogens with zero attached hydrogens (tertiary/aromatic N) is 3. The number of hydrogen-bond acceptors (Lipinski definition) is 6. The monoisotopic (exact) mass is 562 g/mol. The first-order valence-electron chi connectivity index (χ1n) is 14.9. The summed E-state index contributed by atoms with van der Waals surface area (Å²) in [5, 5.41) is 3.17. The Hall–Kier alpha value is -3.55. The van der Waals surface area contributed by atoms with Gasteiger partial charge >= 0.3 is 6.09 Å². The van der Waals surface area contributed by atoms with Gasteiger partial charge in [0.2, 0.25) is 0 Å². The highest BCUT2D eigenvalue weighted by Gasteiger charge is 2.31. The summed E-state index contributed by atoms with van der Waals surface area (Å²) in [4.78, 5) is 35.0. The molecule has 0 aliphatic carbocycles. The van der Waals surface area contributed by atoms with Crippen LogP contribution in [-0.4, -0.2) is 60.3 Å². The van der Waals surface area contributed by atoms with Gasteiger partial charge in [0.25, 0.3) is 5.91 Å². The van der Waals surface area contributed by atoms with Crippen LogP contribution in [0.4, 0.5) is 10.5 Å². The molecule has 1 saturated heterocycles. The minimum absolute atomic E-state index is 0.133. The quantitative estimate of drug-likeness (QED) is 0.461. The average Bonchev–Trinajstić information content (AvgIpc) is 2.94. The van der Waals surface area contributed by atoms with Crippen molar-refractivity contribution in [1.82, 2.24) is 15.2 Å². The Morgan fingerprint density at radius 3 is 2.59 bits per heavy atom. The molecule has 1 aromatic heterocycles. The summed E-state index contributed by atoms with van der Waals surface area (Å²) >= 11 is 0. The zero-order valence-corrected chi connectivity index (χ0v) is 25.6. The summed E-state index contributed by atoms with van der Waals surface area (Å²) in [5.41, 5.74) is 5.48. The van der Waals surface area contributed by atoms with Crippen LogP contribution >= 0.6 is 0 Å². The fourth-order valence-electron chi connectivity index (χ4n) is 5.90. The molecule has 0 saturated carbocycles. The lowest BCUT2D eigenvalue weighted by atomic mass is 9.98. The first-order valence-corrected chi connectivity index (χ1v) is 14.9. The number of aryl methyl sites for hydroxylation is 2. The van der Waals surface area contributed by atoms with E-state index >= 15 is 0 Å². The lowest BCUT2D eigenvalue weighted by Crippen LogP contribution is -2.48. The molecule has 0 atom stereocenters. The van der Waals surface area contributed by atoms with E-state index in [2.05, 4.69) is 47.3 Å². The standard InChI is InChI=1S/C33H46N4O4/c1-7-37(25-14-16-36(17-15-25)32(39)41-33(3,4)5)29-22-34-20-28-26(29)13-11-9-8-10-12-24-18-23(2)19-30(40-6)27(24)21-35-31(28)38/h9,11,18-20,22,25H,7-8,10,12-17,21H2,1-6H3,(H,35,38). The van der Waals surface area contributed by atoms with Crippen LogP contribution in [0, 0.1) is 6.92 Å². The summed E-state index contributed by atoms with van der Waals surface area (Å²) in [6.07, 6.45) is 13.0. The van der Waals surface area contributed by atoms with E-state index in [4.69, 9.17) is 9.47 Å². The van der Waals surface area contributed by atoms with Crippen LogP contribution in [0.15, 0.2) is 36.7 Å². The van der Waals surface area contributed by atoms with Crippen LogP contribution < -0.4 is 15.0 Å².